The lowest BCUT2D eigenvalue weighted by atomic mass is 10.1. The first-order valence-electron chi connectivity index (χ1n) is 5.21. The Balaban J connectivity index is 3.18. The van der Waals surface area contributed by atoms with Crippen molar-refractivity contribution in [3.05, 3.63) is 33.8 Å². The normalized spacial score (nSPS) is 10.5. The molecule has 0 unspecified atom stereocenters. The van der Waals surface area contributed by atoms with E-state index in [1.807, 2.05) is 0 Å². The van der Waals surface area contributed by atoms with Crippen LogP contribution in [0.5, 0.6) is 0 Å². The Morgan fingerprint density at radius 1 is 1.25 bits per heavy atom. The van der Waals surface area contributed by atoms with Crippen LogP contribution in [0.1, 0.15) is 15.9 Å². The van der Waals surface area contributed by atoms with Crippen molar-refractivity contribution in [3.8, 4) is 12.1 Å². The zero-order valence-corrected chi connectivity index (χ0v) is 11.5. The lowest BCUT2D eigenvalue weighted by Crippen LogP contribution is -2.32. The summed E-state index contributed by atoms with van der Waals surface area (Å²) in [5.41, 5.74) is -1.22. The molecule has 0 aliphatic heterocycles. The lowest BCUT2D eigenvalue weighted by molar-refractivity contribution is -0.138. The Kier molecular flexibility index (Phi) is 5.12. The summed E-state index contributed by atoms with van der Waals surface area (Å²) < 4.78 is 38.0. The minimum Gasteiger partial charge on any atom is -0.312 e. The van der Waals surface area contributed by atoms with Gasteiger partial charge >= 0.3 is 6.18 Å². The molecule has 1 aromatic rings. The molecule has 0 bridgehead atoms. The van der Waals surface area contributed by atoms with Crippen molar-refractivity contribution in [2.75, 3.05) is 13.1 Å². The molecule has 0 aromatic heterocycles. The maximum atomic E-state index is 12.7. The van der Waals surface area contributed by atoms with Crippen molar-refractivity contribution in [2.24, 2.45) is 0 Å². The van der Waals surface area contributed by atoms with Crippen LogP contribution in [0, 0.1) is 22.7 Å². The molecule has 0 aliphatic rings. The van der Waals surface area contributed by atoms with Gasteiger partial charge in [-0.15, -0.1) is 0 Å². The van der Waals surface area contributed by atoms with E-state index in [1.165, 1.54) is 6.07 Å². The number of carbonyl (C=O) groups excluding carboxylic acids is 1. The average Bonchev–Trinajstić information content (AvgIpc) is 2.37. The second kappa shape index (κ2) is 6.40. The number of halogens is 4. The summed E-state index contributed by atoms with van der Waals surface area (Å²) in [7, 11) is 0. The van der Waals surface area contributed by atoms with Crippen LogP contribution in [0.3, 0.4) is 0 Å². The Bertz CT molecular complexity index is 585. The van der Waals surface area contributed by atoms with Gasteiger partial charge in [0.2, 0.25) is 0 Å². The highest BCUT2D eigenvalue weighted by molar-refractivity contribution is 9.10. The predicted molar refractivity (Wildman–Crippen MR) is 66.3 cm³/mol. The molecule has 8 heteroatoms. The fraction of sp³-hybridized carbons (Fsp3) is 0.250. The van der Waals surface area contributed by atoms with Crippen molar-refractivity contribution in [1.29, 1.82) is 10.5 Å². The summed E-state index contributed by atoms with van der Waals surface area (Å²) in [6, 6.07) is 6.35. The van der Waals surface area contributed by atoms with Gasteiger partial charge in [-0.25, -0.2) is 0 Å². The molecule has 0 heterocycles. The second-order valence-corrected chi connectivity index (χ2v) is 4.52. The van der Waals surface area contributed by atoms with E-state index in [-0.39, 0.29) is 23.1 Å². The summed E-state index contributed by atoms with van der Waals surface area (Å²) >= 11 is 2.76. The van der Waals surface area contributed by atoms with E-state index in [2.05, 4.69) is 15.9 Å². The maximum absolute atomic E-state index is 12.7. The van der Waals surface area contributed by atoms with E-state index in [0.717, 1.165) is 11.0 Å². The molecule has 0 spiro atoms. The molecular formula is C12H7BrF3N3O. The fourth-order valence-electron chi connectivity index (χ4n) is 1.43. The molecule has 1 rings (SSSR count). The van der Waals surface area contributed by atoms with Crippen LogP contribution in [-0.4, -0.2) is 23.9 Å². The van der Waals surface area contributed by atoms with Crippen LogP contribution in [0.15, 0.2) is 22.7 Å². The topological polar surface area (TPSA) is 67.9 Å². The van der Waals surface area contributed by atoms with E-state index >= 15 is 0 Å². The molecule has 0 aliphatic carbocycles. The van der Waals surface area contributed by atoms with Gasteiger partial charge in [0.25, 0.3) is 5.91 Å². The number of rotatable bonds is 3. The number of alkyl halides is 3. The minimum atomic E-state index is -4.61. The van der Waals surface area contributed by atoms with Gasteiger partial charge in [-0.2, -0.15) is 23.7 Å². The van der Waals surface area contributed by atoms with Crippen LogP contribution < -0.4 is 0 Å². The van der Waals surface area contributed by atoms with E-state index in [9.17, 15) is 18.0 Å². The van der Waals surface area contributed by atoms with Crippen molar-refractivity contribution in [3.63, 3.8) is 0 Å². The molecule has 1 amide bonds. The third-order valence-corrected chi connectivity index (χ3v) is 3.02. The van der Waals surface area contributed by atoms with Gasteiger partial charge in [0, 0.05) is 10.0 Å². The summed E-state index contributed by atoms with van der Waals surface area (Å²) in [5, 5.41) is 17.1. The van der Waals surface area contributed by atoms with E-state index in [0.29, 0.717) is 6.07 Å². The molecule has 1 aromatic carbocycles. The maximum Gasteiger partial charge on any atom is 0.417 e. The smallest absolute Gasteiger partial charge is 0.312 e. The molecule has 0 N–H and O–H groups in total. The van der Waals surface area contributed by atoms with Gasteiger partial charge in [0.15, 0.2) is 0 Å². The first kappa shape index (κ1) is 16.0. The van der Waals surface area contributed by atoms with Gasteiger partial charge in [-0.3, -0.25) is 4.79 Å². The Labute approximate surface area is 121 Å². The van der Waals surface area contributed by atoms with Gasteiger partial charge in [-0.05, 0) is 18.2 Å². The predicted octanol–water partition coefficient (Wildman–Crippen LogP) is 2.96. The first-order chi connectivity index (χ1) is 9.31. The van der Waals surface area contributed by atoms with Gasteiger partial charge < -0.3 is 4.90 Å². The molecule has 0 saturated carbocycles. The number of hydrogen-bond acceptors (Lipinski definition) is 3. The number of nitriles is 2. The van der Waals surface area contributed by atoms with Crippen LogP contribution >= 0.6 is 15.9 Å². The molecule has 0 atom stereocenters. The van der Waals surface area contributed by atoms with Crippen molar-refractivity contribution in [1.82, 2.24) is 4.90 Å². The lowest BCUT2D eigenvalue weighted by Gasteiger charge is -2.17. The second-order valence-electron chi connectivity index (χ2n) is 3.67. The molecule has 4 nitrogen and oxygen atoms in total. The number of amides is 1. The van der Waals surface area contributed by atoms with E-state index in [1.54, 1.807) is 12.1 Å². The Morgan fingerprint density at radius 3 is 2.25 bits per heavy atom. The fourth-order valence-corrected chi connectivity index (χ4v) is 1.90. The van der Waals surface area contributed by atoms with Crippen molar-refractivity contribution >= 4 is 21.8 Å². The average molecular weight is 346 g/mol. The first-order valence-corrected chi connectivity index (χ1v) is 6.00. The molecule has 0 radical (unpaired) electrons. The SMILES string of the molecule is N#CCN(CC#N)C(=O)c1ccc(Br)c(C(F)(F)F)c1. The number of benzene rings is 1. The van der Waals surface area contributed by atoms with Gasteiger partial charge in [-0.1, -0.05) is 15.9 Å². The summed E-state index contributed by atoms with van der Waals surface area (Å²) in [6.45, 7) is -0.742. The minimum absolute atomic E-state index is 0.186. The highest BCUT2D eigenvalue weighted by atomic mass is 79.9. The molecule has 104 valence electrons. The third-order valence-electron chi connectivity index (χ3n) is 2.33. The van der Waals surface area contributed by atoms with E-state index in [4.69, 9.17) is 10.5 Å². The molecule has 20 heavy (non-hydrogen) atoms. The summed E-state index contributed by atoms with van der Waals surface area (Å²) in [4.78, 5) is 12.8. The molecule has 0 saturated heterocycles. The van der Waals surface area contributed by atoms with Gasteiger partial charge in [0.1, 0.15) is 13.1 Å². The quantitative estimate of drug-likeness (QED) is 0.791. The monoisotopic (exact) mass is 345 g/mol. The van der Waals surface area contributed by atoms with Crippen LogP contribution in [0.4, 0.5) is 13.2 Å². The number of carbonyl (C=O) groups is 1. The highest BCUT2D eigenvalue weighted by Gasteiger charge is 2.34. The number of hydrogen-bond donors (Lipinski definition) is 0. The van der Waals surface area contributed by atoms with Crippen LogP contribution in [0.25, 0.3) is 0 Å². The Morgan fingerprint density at radius 2 is 1.80 bits per heavy atom. The zero-order valence-electron chi connectivity index (χ0n) is 9.91. The van der Waals surface area contributed by atoms with Crippen LogP contribution in [0.2, 0.25) is 0 Å². The Hall–Kier alpha value is -2.06. The third kappa shape index (κ3) is 3.72. The van der Waals surface area contributed by atoms with E-state index < -0.39 is 17.6 Å². The molecular weight excluding hydrogens is 339 g/mol. The molecule has 0 fully saturated rings. The summed E-state index contributed by atoms with van der Waals surface area (Å²) in [5.74, 6) is -0.800. The highest BCUT2D eigenvalue weighted by Crippen LogP contribution is 2.35. The zero-order chi connectivity index (χ0) is 15.3. The van der Waals surface area contributed by atoms with Crippen molar-refractivity contribution in [2.45, 2.75) is 6.18 Å². The number of nitrogens with zero attached hydrogens (tertiary/aromatic N) is 3. The largest absolute Gasteiger partial charge is 0.417 e. The van der Waals surface area contributed by atoms with Crippen LogP contribution in [-0.2, 0) is 6.18 Å². The standard InChI is InChI=1S/C12H7BrF3N3O/c13-10-2-1-8(7-9(10)12(14,15)16)11(20)19(5-3-17)6-4-18/h1-2,7H,5-6H2. The van der Waals surface area contributed by atoms with Gasteiger partial charge in [0.05, 0.1) is 17.7 Å². The summed E-state index contributed by atoms with van der Waals surface area (Å²) in [6.07, 6.45) is -4.61. The van der Waals surface area contributed by atoms with Crippen molar-refractivity contribution < 1.29 is 18.0 Å².